The maximum Gasteiger partial charge on any atom is 0.338 e. The number of nitro groups is 1. The van der Waals surface area contributed by atoms with E-state index in [4.69, 9.17) is 4.74 Å². The molecule has 4 rings (SSSR count). The lowest BCUT2D eigenvalue weighted by molar-refractivity contribution is -0.384. The summed E-state index contributed by atoms with van der Waals surface area (Å²) in [5.74, 6) is -1.53. The molecule has 1 amide bonds. The Morgan fingerprint density at radius 1 is 0.821 bits per heavy atom. The fourth-order valence-corrected chi connectivity index (χ4v) is 4.41. The van der Waals surface area contributed by atoms with Gasteiger partial charge in [-0.1, -0.05) is 76.1 Å². The number of esters is 1. The first-order chi connectivity index (χ1) is 18.7. The zero-order valence-electron chi connectivity index (χ0n) is 20.7. The minimum absolute atomic E-state index is 0.155. The van der Waals surface area contributed by atoms with E-state index in [9.17, 15) is 24.5 Å². The number of alkyl halides is 1. The number of carbonyl (C=O) groups excluding carboxylic acids is 3. The number of halogens is 1. The number of nitro benzene ring substituents is 1. The highest BCUT2D eigenvalue weighted by atomic mass is 79.9. The molecular weight excluding hydrogens is 564 g/mol. The Morgan fingerprint density at radius 3 is 2.10 bits per heavy atom. The Bertz CT molecular complexity index is 1500. The smallest absolute Gasteiger partial charge is 0.338 e. The van der Waals surface area contributed by atoms with Crippen LogP contribution in [0.4, 0.5) is 11.4 Å². The van der Waals surface area contributed by atoms with Gasteiger partial charge in [0, 0.05) is 28.9 Å². The Balaban J connectivity index is 1.54. The third kappa shape index (κ3) is 6.82. The molecule has 8 nitrogen and oxygen atoms in total. The van der Waals surface area contributed by atoms with Crippen LogP contribution in [-0.2, 0) is 4.74 Å². The van der Waals surface area contributed by atoms with E-state index in [1.807, 2.05) is 19.1 Å². The number of carbonyl (C=O) groups is 3. The highest BCUT2D eigenvalue weighted by molar-refractivity contribution is 9.09. The second-order valence-corrected chi connectivity index (χ2v) is 9.69. The summed E-state index contributed by atoms with van der Waals surface area (Å²) in [6.45, 7) is 1.93. The predicted molar refractivity (Wildman–Crippen MR) is 150 cm³/mol. The number of non-ortho nitro benzene ring substituents is 1. The molecule has 0 saturated heterocycles. The van der Waals surface area contributed by atoms with Gasteiger partial charge in [-0.3, -0.25) is 19.7 Å². The second-order valence-electron chi connectivity index (χ2n) is 8.71. The molecule has 0 aliphatic rings. The summed E-state index contributed by atoms with van der Waals surface area (Å²) in [7, 11) is 0. The standard InChI is InChI=1S/C30H23BrN2O6/c1-19-10-12-21(13-11-19)29(35)32-24-16-14-22(15-17-24)30(36)39-28(27(34)20-6-3-2-4-7-20)26(31)23-8-5-9-25(18-23)33(37)38/h2-18,26,28H,1H3,(H,32,35)/t26-,28+/m0/s1. The van der Waals surface area contributed by atoms with Crippen LogP contribution < -0.4 is 5.32 Å². The SMILES string of the molecule is Cc1ccc(C(=O)Nc2ccc(C(=O)O[C@@H](C(=O)c3ccccc3)[C@@H](Br)c3cccc([N+](=O)[O-])c3)cc2)cc1. The molecule has 196 valence electrons. The van der Waals surface area contributed by atoms with Crippen LogP contribution in [-0.4, -0.2) is 28.7 Å². The van der Waals surface area contributed by atoms with Crippen LogP contribution >= 0.6 is 15.9 Å². The van der Waals surface area contributed by atoms with E-state index in [2.05, 4.69) is 21.2 Å². The lowest BCUT2D eigenvalue weighted by atomic mass is 9.99. The van der Waals surface area contributed by atoms with Crippen LogP contribution in [0.3, 0.4) is 0 Å². The number of Topliss-reactive ketones (excluding diaryl/α,β-unsaturated/α-hetero) is 1. The molecule has 0 aromatic heterocycles. The monoisotopic (exact) mass is 586 g/mol. The summed E-state index contributed by atoms with van der Waals surface area (Å²) in [5, 5.41) is 14.0. The van der Waals surface area contributed by atoms with Crippen LogP contribution in [0.25, 0.3) is 0 Å². The average molecular weight is 587 g/mol. The largest absolute Gasteiger partial charge is 0.449 e. The van der Waals surface area contributed by atoms with Crippen LogP contribution in [0.1, 0.15) is 47.0 Å². The third-order valence-electron chi connectivity index (χ3n) is 5.91. The molecule has 0 radical (unpaired) electrons. The van der Waals surface area contributed by atoms with E-state index < -0.39 is 27.6 Å². The van der Waals surface area contributed by atoms with Gasteiger partial charge in [0.05, 0.1) is 15.3 Å². The van der Waals surface area contributed by atoms with Crippen molar-refractivity contribution >= 4 is 45.0 Å². The lowest BCUT2D eigenvalue weighted by Crippen LogP contribution is -2.31. The number of amides is 1. The van der Waals surface area contributed by atoms with Gasteiger partial charge in [0.25, 0.3) is 11.6 Å². The number of anilines is 1. The molecule has 0 bridgehead atoms. The average Bonchev–Trinajstić information content (AvgIpc) is 2.96. The molecule has 0 fully saturated rings. The number of nitrogens with one attached hydrogen (secondary N) is 1. The van der Waals surface area contributed by atoms with Gasteiger partial charge in [0.1, 0.15) is 0 Å². The number of hydrogen-bond donors (Lipinski definition) is 1. The summed E-state index contributed by atoms with van der Waals surface area (Å²) in [5.41, 5.74) is 2.74. The van der Waals surface area contributed by atoms with E-state index >= 15 is 0 Å². The molecule has 4 aromatic carbocycles. The van der Waals surface area contributed by atoms with Gasteiger partial charge >= 0.3 is 5.97 Å². The zero-order valence-corrected chi connectivity index (χ0v) is 22.3. The van der Waals surface area contributed by atoms with Crippen molar-refractivity contribution in [2.45, 2.75) is 17.9 Å². The summed E-state index contributed by atoms with van der Waals surface area (Å²) in [4.78, 5) is 48.8. The molecule has 0 aliphatic heterocycles. The molecule has 2 atom stereocenters. The summed E-state index contributed by atoms with van der Waals surface area (Å²) >= 11 is 3.43. The molecule has 4 aromatic rings. The van der Waals surface area contributed by atoms with Crippen molar-refractivity contribution in [1.29, 1.82) is 0 Å². The first-order valence-corrected chi connectivity index (χ1v) is 12.8. The van der Waals surface area contributed by atoms with Gasteiger partial charge in [-0.25, -0.2) is 4.79 Å². The van der Waals surface area contributed by atoms with Crippen LogP contribution in [0.5, 0.6) is 0 Å². The Morgan fingerprint density at radius 2 is 1.46 bits per heavy atom. The van der Waals surface area contributed by atoms with Gasteiger partial charge in [-0.05, 0) is 48.9 Å². The van der Waals surface area contributed by atoms with Crippen LogP contribution in [0.2, 0.25) is 0 Å². The van der Waals surface area contributed by atoms with Crippen molar-refractivity contribution in [3.8, 4) is 0 Å². The van der Waals surface area contributed by atoms with Gasteiger partial charge < -0.3 is 10.1 Å². The molecule has 0 unspecified atom stereocenters. The number of ether oxygens (including phenoxy) is 1. The van der Waals surface area contributed by atoms with E-state index in [1.54, 1.807) is 60.7 Å². The Labute approximate surface area is 232 Å². The first-order valence-electron chi connectivity index (χ1n) is 11.9. The molecule has 9 heteroatoms. The van der Waals surface area contributed by atoms with Gasteiger partial charge in [-0.2, -0.15) is 0 Å². The van der Waals surface area contributed by atoms with Gasteiger partial charge in [0.15, 0.2) is 6.10 Å². The van der Waals surface area contributed by atoms with Crippen molar-refractivity contribution < 1.29 is 24.0 Å². The minimum Gasteiger partial charge on any atom is -0.449 e. The number of hydrogen-bond acceptors (Lipinski definition) is 6. The van der Waals surface area contributed by atoms with Crippen molar-refractivity contribution in [1.82, 2.24) is 0 Å². The van der Waals surface area contributed by atoms with E-state index in [0.29, 0.717) is 22.4 Å². The van der Waals surface area contributed by atoms with Crippen LogP contribution in [0.15, 0.2) is 103 Å². The number of rotatable bonds is 9. The third-order valence-corrected chi connectivity index (χ3v) is 6.92. The van der Waals surface area contributed by atoms with Crippen molar-refractivity contribution in [3.05, 3.63) is 141 Å². The molecule has 1 N–H and O–H groups in total. The maximum absolute atomic E-state index is 13.4. The molecule has 39 heavy (non-hydrogen) atoms. The normalized spacial score (nSPS) is 12.2. The van der Waals surface area contributed by atoms with Crippen molar-refractivity contribution in [2.75, 3.05) is 5.32 Å². The van der Waals surface area contributed by atoms with E-state index in [-0.39, 0.29) is 17.2 Å². The first kappa shape index (κ1) is 27.4. The topological polar surface area (TPSA) is 116 Å². The van der Waals surface area contributed by atoms with Gasteiger partial charge in [-0.15, -0.1) is 0 Å². The maximum atomic E-state index is 13.4. The molecule has 0 aliphatic carbocycles. The minimum atomic E-state index is -1.32. The Hall–Kier alpha value is -4.63. The molecular formula is C30H23BrN2O6. The summed E-state index contributed by atoms with van der Waals surface area (Å²) in [6, 6.07) is 27.3. The highest BCUT2D eigenvalue weighted by Crippen LogP contribution is 2.33. The molecule has 0 saturated carbocycles. The number of aryl methyl sites for hydroxylation is 1. The lowest BCUT2D eigenvalue weighted by Gasteiger charge is -2.22. The number of nitrogens with zero attached hydrogens (tertiary/aromatic N) is 1. The zero-order chi connectivity index (χ0) is 27.9. The highest BCUT2D eigenvalue weighted by Gasteiger charge is 2.33. The van der Waals surface area contributed by atoms with E-state index in [0.717, 1.165) is 5.56 Å². The van der Waals surface area contributed by atoms with Crippen molar-refractivity contribution in [3.63, 3.8) is 0 Å². The van der Waals surface area contributed by atoms with Crippen molar-refractivity contribution in [2.24, 2.45) is 0 Å². The number of ketones is 1. The van der Waals surface area contributed by atoms with Gasteiger partial charge in [0.2, 0.25) is 5.78 Å². The number of benzene rings is 4. The second kappa shape index (κ2) is 12.3. The fourth-order valence-electron chi connectivity index (χ4n) is 3.78. The quantitative estimate of drug-likeness (QED) is 0.0766. The van der Waals surface area contributed by atoms with Crippen LogP contribution in [0, 0.1) is 17.0 Å². The fraction of sp³-hybridized carbons (Fsp3) is 0.100. The molecule has 0 spiro atoms. The predicted octanol–water partition coefficient (Wildman–Crippen LogP) is 6.70. The Kier molecular flexibility index (Phi) is 8.63. The van der Waals surface area contributed by atoms with E-state index in [1.165, 1.54) is 30.3 Å². The molecule has 0 heterocycles. The summed E-state index contributed by atoms with van der Waals surface area (Å²) in [6.07, 6.45) is -1.32. The summed E-state index contributed by atoms with van der Waals surface area (Å²) < 4.78 is 5.68.